The van der Waals surface area contributed by atoms with Gasteiger partial charge in [0, 0.05) is 10.4 Å². The minimum absolute atomic E-state index is 0.402. The SMILES string of the molecule is Clc1ccc2nc(Br)nc(Cl)c2c1. The van der Waals surface area contributed by atoms with Crippen LogP contribution in [-0.2, 0) is 0 Å². The normalized spacial score (nSPS) is 10.7. The molecule has 0 aliphatic rings. The molecule has 13 heavy (non-hydrogen) atoms. The molecule has 0 unspecified atom stereocenters. The van der Waals surface area contributed by atoms with Gasteiger partial charge in [-0.15, -0.1) is 0 Å². The topological polar surface area (TPSA) is 25.8 Å². The van der Waals surface area contributed by atoms with E-state index in [2.05, 4.69) is 25.9 Å². The molecule has 1 aromatic carbocycles. The van der Waals surface area contributed by atoms with Crippen LogP contribution in [0.2, 0.25) is 10.2 Å². The second kappa shape index (κ2) is 3.40. The molecule has 0 aliphatic carbocycles. The quantitative estimate of drug-likeness (QED) is 0.542. The van der Waals surface area contributed by atoms with Crippen molar-refractivity contribution < 1.29 is 0 Å². The zero-order valence-electron chi connectivity index (χ0n) is 6.26. The largest absolute Gasteiger partial charge is 0.222 e. The first-order valence-corrected chi connectivity index (χ1v) is 5.00. The average Bonchev–Trinajstić information content (AvgIpc) is 2.06. The second-order valence-electron chi connectivity index (χ2n) is 2.44. The highest BCUT2D eigenvalue weighted by Crippen LogP contribution is 2.24. The molecule has 0 bridgehead atoms. The lowest BCUT2D eigenvalue weighted by molar-refractivity contribution is 1.16. The van der Waals surface area contributed by atoms with Crippen molar-refractivity contribution in [3.63, 3.8) is 0 Å². The van der Waals surface area contributed by atoms with Crippen LogP contribution in [0, 0.1) is 0 Å². The summed E-state index contributed by atoms with van der Waals surface area (Å²) in [4.78, 5) is 8.10. The van der Waals surface area contributed by atoms with Gasteiger partial charge < -0.3 is 0 Å². The molecule has 0 atom stereocenters. The van der Waals surface area contributed by atoms with Crippen molar-refractivity contribution >= 4 is 50.0 Å². The van der Waals surface area contributed by atoms with Crippen molar-refractivity contribution in [3.05, 3.63) is 33.1 Å². The smallest absolute Gasteiger partial charge is 0.198 e. The number of benzene rings is 1. The minimum Gasteiger partial charge on any atom is -0.222 e. The molecule has 0 spiro atoms. The number of aromatic nitrogens is 2. The zero-order valence-corrected chi connectivity index (χ0v) is 9.36. The summed E-state index contributed by atoms with van der Waals surface area (Å²) in [5.74, 6) is 0. The highest BCUT2D eigenvalue weighted by atomic mass is 79.9. The predicted molar refractivity (Wildman–Crippen MR) is 57.3 cm³/mol. The first-order chi connectivity index (χ1) is 6.16. The second-order valence-corrected chi connectivity index (χ2v) is 3.95. The van der Waals surface area contributed by atoms with Gasteiger partial charge in [0.15, 0.2) is 4.73 Å². The van der Waals surface area contributed by atoms with Crippen LogP contribution in [0.5, 0.6) is 0 Å². The van der Waals surface area contributed by atoms with Gasteiger partial charge in [-0.3, -0.25) is 0 Å². The number of fused-ring (bicyclic) bond motifs is 1. The van der Waals surface area contributed by atoms with E-state index in [4.69, 9.17) is 23.2 Å². The van der Waals surface area contributed by atoms with Gasteiger partial charge in [0.25, 0.3) is 0 Å². The predicted octanol–water partition coefficient (Wildman–Crippen LogP) is 3.70. The summed E-state index contributed by atoms with van der Waals surface area (Å²) in [5.41, 5.74) is 0.774. The van der Waals surface area contributed by atoms with E-state index in [0.717, 1.165) is 10.9 Å². The van der Waals surface area contributed by atoms with E-state index >= 15 is 0 Å². The molecular formula is C8H3BrCl2N2. The third kappa shape index (κ3) is 1.77. The molecular weight excluding hydrogens is 275 g/mol. The molecule has 66 valence electrons. The summed E-state index contributed by atoms with van der Waals surface area (Å²) >= 11 is 14.9. The Labute approximate surface area is 93.0 Å². The van der Waals surface area contributed by atoms with Crippen LogP contribution in [0.3, 0.4) is 0 Å². The lowest BCUT2D eigenvalue weighted by atomic mass is 10.2. The summed E-state index contributed by atoms with van der Waals surface area (Å²) in [7, 11) is 0. The highest BCUT2D eigenvalue weighted by Gasteiger charge is 2.03. The van der Waals surface area contributed by atoms with Gasteiger partial charge in [0.1, 0.15) is 5.15 Å². The fourth-order valence-electron chi connectivity index (χ4n) is 1.04. The molecule has 0 N–H and O–H groups in total. The van der Waals surface area contributed by atoms with E-state index in [0.29, 0.717) is 14.9 Å². The van der Waals surface area contributed by atoms with Gasteiger partial charge in [-0.1, -0.05) is 23.2 Å². The standard InChI is InChI=1S/C8H3BrCl2N2/c9-8-12-6-2-1-4(10)3-5(6)7(11)13-8/h1-3H. The summed E-state index contributed by atoms with van der Waals surface area (Å²) in [5, 5.41) is 1.79. The van der Waals surface area contributed by atoms with Crippen molar-refractivity contribution in [1.82, 2.24) is 9.97 Å². The van der Waals surface area contributed by atoms with Gasteiger partial charge in [-0.2, -0.15) is 0 Å². The van der Waals surface area contributed by atoms with Crippen molar-refractivity contribution in [2.75, 3.05) is 0 Å². The van der Waals surface area contributed by atoms with Crippen molar-refractivity contribution in [3.8, 4) is 0 Å². The van der Waals surface area contributed by atoms with Gasteiger partial charge in [0.2, 0.25) is 0 Å². The van der Waals surface area contributed by atoms with Gasteiger partial charge in [-0.05, 0) is 34.1 Å². The maximum Gasteiger partial charge on any atom is 0.198 e. The molecule has 1 heterocycles. The fraction of sp³-hybridized carbons (Fsp3) is 0. The zero-order chi connectivity index (χ0) is 9.42. The van der Waals surface area contributed by atoms with Gasteiger partial charge in [-0.25, -0.2) is 9.97 Å². The van der Waals surface area contributed by atoms with E-state index in [1.54, 1.807) is 18.2 Å². The van der Waals surface area contributed by atoms with Crippen molar-refractivity contribution in [1.29, 1.82) is 0 Å². The number of hydrogen-bond donors (Lipinski definition) is 0. The van der Waals surface area contributed by atoms with Gasteiger partial charge >= 0.3 is 0 Å². The molecule has 0 saturated heterocycles. The van der Waals surface area contributed by atoms with Crippen molar-refractivity contribution in [2.45, 2.75) is 0 Å². The first-order valence-electron chi connectivity index (χ1n) is 3.45. The Hall–Kier alpha value is -0.380. The van der Waals surface area contributed by atoms with Gasteiger partial charge in [0.05, 0.1) is 5.52 Å². The molecule has 2 aromatic rings. The summed E-state index contributed by atoms with van der Waals surface area (Å²) in [6, 6.07) is 5.31. The lowest BCUT2D eigenvalue weighted by Crippen LogP contribution is -1.86. The molecule has 2 rings (SSSR count). The summed E-state index contributed by atoms with van der Waals surface area (Å²) in [6.07, 6.45) is 0. The molecule has 2 nitrogen and oxygen atoms in total. The van der Waals surface area contributed by atoms with Crippen LogP contribution in [0.15, 0.2) is 22.9 Å². The Balaban J connectivity index is 2.87. The molecule has 0 amide bonds. The number of halogens is 3. The Morgan fingerprint density at radius 3 is 2.69 bits per heavy atom. The van der Waals surface area contributed by atoms with E-state index in [-0.39, 0.29) is 0 Å². The Bertz CT molecular complexity index is 473. The Morgan fingerprint density at radius 2 is 1.92 bits per heavy atom. The molecule has 0 aliphatic heterocycles. The van der Waals surface area contributed by atoms with E-state index in [1.165, 1.54) is 0 Å². The Kier molecular flexibility index (Phi) is 2.41. The molecule has 0 fully saturated rings. The van der Waals surface area contributed by atoms with E-state index in [9.17, 15) is 0 Å². The third-order valence-corrected chi connectivity index (χ3v) is 2.46. The minimum atomic E-state index is 0.402. The van der Waals surface area contributed by atoms with Crippen LogP contribution in [0.1, 0.15) is 0 Å². The van der Waals surface area contributed by atoms with Crippen LogP contribution >= 0.6 is 39.1 Å². The fourth-order valence-corrected chi connectivity index (χ4v) is 1.91. The van der Waals surface area contributed by atoms with Crippen LogP contribution in [0.25, 0.3) is 10.9 Å². The van der Waals surface area contributed by atoms with E-state index < -0.39 is 0 Å². The Morgan fingerprint density at radius 1 is 1.15 bits per heavy atom. The molecule has 0 radical (unpaired) electrons. The molecule has 0 saturated carbocycles. The van der Waals surface area contributed by atoms with E-state index in [1.807, 2.05) is 0 Å². The number of nitrogens with zero attached hydrogens (tertiary/aromatic N) is 2. The summed E-state index contributed by atoms with van der Waals surface area (Å²) < 4.78 is 0.479. The first kappa shape index (κ1) is 9.19. The molecule has 5 heteroatoms. The monoisotopic (exact) mass is 276 g/mol. The third-order valence-electron chi connectivity index (χ3n) is 1.58. The lowest BCUT2D eigenvalue weighted by Gasteiger charge is -1.99. The van der Waals surface area contributed by atoms with Crippen LogP contribution < -0.4 is 0 Å². The summed E-state index contributed by atoms with van der Waals surface area (Å²) in [6.45, 7) is 0. The van der Waals surface area contributed by atoms with Crippen LogP contribution in [0.4, 0.5) is 0 Å². The van der Waals surface area contributed by atoms with Crippen molar-refractivity contribution in [2.24, 2.45) is 0 Å². The number of rotatable bonds is 0. The number of hydrogen-bond acceptors (Lipinski definition) is 2. The van der Waals surface area contributed by atoms with Crippen LogP contribution in [-0.4, -0.2) is 9.97 Å². The maximum atomic E-state index is 5.89. The maximum absolute atomic E-state index is 5.89. The highest BCUT2D eigenvalue weighted by molar-refractivity contribution is 9.10. The average molecular weight is 278 g/mol. The molecule has 1 aromatic heterocycles.